The maximum atomic E-state index is 12.6. The molecule has 0 radical (unpaired) electrons. The first kappa shape index (κ1) is 22.8. The highest BCUT2D eigenvalue weighted by molar-refractivity contribution is 6.00. The molecule has 174 valence electrons. The van der Waals surface area contributed by atoms with Crippen LogP contribution in [0.1, 0.15) is 29.9 Å². The lowest BCUT2D eigenvalue weighted by Crippen LogP contribution is -2.21. The van der Waals surface area contributed by atoms with Gasteiger partial charge in [-0.2, -0.15) is 10.2 Å². The number of ether oxygens (including phenoxy) is 1. The van der Waals surface area contributed by atoms with Gasteiger partial charge in [-0.1, -0.05) is 30.3 Å². The number of H-pyrrole nitrogens is 1. The van der Waals surface area contributed by atoms with Crippen LogP contribution in [0.3, 0.4) is 0 Å². The lowest BCUT2D eigenvalue weighted by Gasteiger charge is -2.21. The second-order valence-electron chi connectivity index (χ2n) is 7.65. The summed E-state index contributed by atoms with van der Waals surface area (Å²) in [4.78, 5) is 14.7. The number of hydrogen-bond donors (Lipinski definition) is 3. The predicted octanol–water partition coefficient (Wildman–Crippen LogP) is 4.55. The van der Waals surface area contributed by atoms with Crippen molar-refractivity contribution in [1.29, 1.82) is 0 Å². The Bertz CT molecular complexity index is 1340. The van der Waals surface area contributed by atoms with Gasteiger partial charge in [-0.3, -0.25) is 9.89 Å². The van der Waals surface area contributed by atoms with Gasteiger partial charge in [0.05, 0.1) is 24.6 Å². The van der Waals surface area contributed by atoms with E-state index in [0.29, 0.717) is 17.0 Å². The van der Waals surface area contributed by atoms with E-state index in [1.807, 2.05) is 42.5 Å². The summed E-state index contributed by atoms with van der Waals surface area (Å²) in [5.74, 6) is 0.307. The van der Waals surface area contributed by atoms with Crippen LogP contribution in [0.4, 0.5) is 5.69 Å². The molecule has 0 spiro atoms. The zero-order chi connectivity index (χ0) is 24.1. The van der Waals surface area contributed by atoms with Crippen LogP contribution < -0.4 is 15.1 Å². The second-order valence-corrected chi connectivity index (χ2v) is 7.65. The molecule has 0 aliphatic heterocycles. The standard InChI is InChI=1S/C26H27N5O3/c1-4-31(5-2)19-12-10-18(23(32)14-19)16-27-30-26(33)22-15-21(28-29-22)25-20-9-7-6-8-17(20)11-13-24(25)34-3/h6-16,32H,4-5H2,1-3H3,(H,28,29)(H,30,33)/b27-16+. The molecule has 1 heterocycles. The van der Waals surface area contributed by atoms with Gasteiger partial charge in [0.1, 0.15) is 17.2 Å². The molecule has 0 aliphatic rings. The fourth-order valence-electron chi connectivity index (χ4n) is 3.90. The minimum absolute atomic E-state index is 0.0919. The highest BCUT2D eigenvalue weighted by atomic mass is 16.5. The summed E-state index contributed by atoms with van der Waals surface area (Å²) in [6.07, 6.45) is 1.41. The van der Waals surface area contributed by atoms with Gasteiger partial charge in [0.15, 0.2) is 0 Å². The smallest absolute Gasteiger partial charge is 0.289 e. The van der Waals surface area contributed by atoms with Crippen molar-refractivity contribution >= 4 is 28.6 Å². The molecule has 0 saturated heterocycles. The number of aromatic amines is 1. The number of nitrogens with zero attached hydrogens (tertiary/aromatic N) is 3. The van der Waals surface area contributed by atoms with Crippen LogP contribution in [0.25, 0.3) is 22.0 Å². The molecule has 1 amide bonds. The maximum absolute atomic E-state index is 12.6. The molecule has 8 heteroatoms. The molecule has 3 aromatic carbocycles. The number of hydrogen-bond acceptors (Lipinski definition) is 6. The van der Waals surface area contributed by atoms with Crippen molar-refractivity contribution in [1.82, 2.24) is 15.6 Å². The van der Waals surface area contributed by atoms with Crippen molar-refractivity contribution in [2.75, 3.05) is 25.1 Å². The molecule has 0 fully saturated rings. The number of phenolic OH excluding ortho intramolecular Hbond substituents is 1. The number of aromatic nitrogens is 2. The molecule has 3 N–H and O–H groups in total. The summed E-state index contributed by atoms with van der Waals surface area (Å²) in [6, 6.07) is 18.8. The molecule has 4 rings (SSSR count). The van der Waals surface area contributed by atoms with Gasteiger partial charge in [0.2, 0.25) is 0 Å². The monoisotopic (exact) mass is 457 g/mol. The van der Waals surface area contributed by atoms with Crippen molar-refractivity contribution < 1.29 is 14.6 Å². The van der Waals surface area contributed by atoms with E-state index in [1.54, 1.807) is 25.3 Å². The van der Waals surface area contributed by atoms with Gasteiger partial charge in [0, 0.05) is 30.4 Å². The van der Waals surface area contributed by atoms with E-state index in [0.717, 1.165) is 35.1 Å². The SMILES string of the molecule is CCN(CC)c1ccc(/C=N/NC(=O)c2cc(-c3c(OC)ccc4ccccc34)n[nH]2)c(O)c1. The normalized spacial score (nSPS) is 11.1. The zero-order valence-electron chi connectivity index (χ0n) is 19.4. The van der Waals surface area contributed by atoms with Crippen molar-refractivity contribution in [2.45, 2.75) is 13.8 Å². The van der Waals surface area contributed by atoms with Crippen LogP contribution in [0.15, 0.2) is 65.8 Å². The van der Waals surface area contributed by atoms with Gasteiger partial charge in [-0.05, 0) is 48.9 Å². The second kappa shape index (κ2) is 10.1. The molecule has 1 aromatic heterocycles. The summed E-state index contributed by atoms with van der Waals surface area (Å²) in [7, 11) is 1.60. The van der Waals surface area contributed by atoms with E-state index in [9.17, 15) is 9.90 Å². The van der Waals surface area contributed by atoms with Gasteiger partial charge in [-0.15, -0.1) is 0 Å². The number of aromatic hydroxyl groups is 1. The van der Waals surface area contributed by atoms with Gasteiger partial charge in [0.25, 0.3) is 5.91 Å². The summed E-state index contributed by atoms with van der Waals surface area (Å²) in [6.45, 7) is 5.80. The Labute approximate surface area is 197 Å². The lowest BCUT2D eigenvalue weighted by molar-refractivity contribution is 0.0950. The molecule has 0 unspecified atom stereocenters. The minimum Gasteiger partial charge on any atom is -0.507 e. The fourth-order valence-corrected chi connectivity index (χ4v) is 3.90. The summed E-state index contributed by atoms with van der Waals surface area (Å²) < 4.78 is 5.54. The van der Waals surface area contributed by atoms with Crippen LogP contribution in [0.2, 0.25) is 0 Å². The van der Waals surface area contributed by atoms with Crippen molar-refractivity contribution in [3.05, 3.63) is 71.9 Å². The predicted molar refractivity (Wildman–Crippen MR) is 135 cm³/mol. The Balaban J connectivity index is 1.51. The Kier molecular flexibility index (Phi) is 6.77. The summed E-state index contributed by atoms with van der Waals surface area (Å²) >= 11 is 0. The Morgan fingerprint density at radius 2 is 1.94 bits per heavy atom. The molecule has 0 saturated carbocycles. The summed E-state index contributed by atoms with van der Waals surface area (Å²) in [5, 5.41) is 23.4. The molecule has 0 bridgehead atoms. The van der Waals surface area contributed by atoms with E-state index in [2.05, 4.69) is 39.5 Å². The molecular formula is C26H27N5O3. The first-order valence-corrected chi connectivity index (χ1v) is 11.1. The molecule has 34 heavy (non-hydrogen) atoms. The van der Waals surface area contributed by atoms with Crippen LogP contribution in [0.5, 0.6) is 11.5 Å². The molecule has 0 atom stereocenters. The fraction of sp³-hybridized carbons (Fsp3) is 0.192. The Hall–Kier alpha value is -4.33. The number of rotatable bonds is 8. The largest absolute Gasteiger partial charge is 0.507 e. The van der Waals surface area contributed by atoms with Crippen LogP contribution >= 0.6 is 0 Å². The van der Waals surface area contributed by atoms with Crippen molar-refractivity contribution in [3.8, 4) is 22.8 Å². The van der Waals surface area contributed by atoms with Crippen LogP contribution in [0, 0.1) is 0 Å². The average molecular weight is 458 g/mol. The number of nitrogens with one attached hydrogen (secondary N) is 2. The highest BCUT2D eigenvalue weighted by Crippen LogP contribution is 2.36. The topological polar surface area (TPSA) is 103 Å². The number of carbonyl (C=O) groups excluding carboxylic acids is 1. The van der Waals surface area contributed by atoms with Gasteiger partial charge in [-0.25, -0.2) is 5.43 Å². The van der Waals surface area contributed by atoms with Crippen molar-refractivity contribution in [3.63, 3.8) is 0 Å². The number of benzene rings is 3. The van der Waals surface area contributed by atoms with E-state index >= 15 is 0 Å². The highest BCUT2D eigenvalue weighted by Gasteiger charge is 2.16. The number of fused-ring (bicyclic) bond motifs is 1. The first-order valence-electron chi connectivity index (χ1n) is 11.1. The number of amides is 1. The first-order chi connectivity index (χ1) is 16.5. The molecule has 4 aromatic rings. The Morgan fingerprint density at radius 1 is 1.15 bits per heavy atom. The third kappa shape index (κ3) is 4.56. The maximum Gasteiger partial charge on any atom is 0.289 e. The van der Waals surface area contributed by atoms with Crippen LogP contribution in [-0.4, -0.2) is 47.6 Å². The van der Waals surface area contributed by atoms with Crippen LogP contribution in [-0.2, 0) is 0 Å². The molecule has 0 aliphatic carbocycles. The quantitative estimate of drug-likeness (QED) is 0.266. The van der Waals surface area contributed by atoms with E-state index in [4.69, 9.17) is 4.74 Å². The van der Waals surface area contributed by atoms with E-state index < -0.39 is 5.91 Å². The number of phenols is 1. The number of hydrazone groups is 1. The van der Waals surface area contributed by atoms with Gasteiger partial charge < -0.3 is 14.7 Å². The van der Waals surface area contributed by atoms with Crippen molar-refractivity contribution in [2.24, 2.45) is 5.10 Å². The Morgan fingerprint density at radius 3 is 2.68 bits per heavy atom. The number of carbonyl (C=O) groups is 1. The number of anilines is 1. The van der Waals surface area contributed by atoms with Gasteiger partial charge >= 0.3 is 0 Å². The summed E-state index contributed by atoms with van der Waals surface area (Å²) in [5.41, 5.74) is 5.55. The zero-order valence-corrected chi connectivity index (χ0v) is 19.4. The third-order valence-corrected chi connectivity index (χ3v) is 5.70. The van der Waals surface area contributed by atoms with E-state index in [-0.39, 0.29) is 11.4 Å². The lowest BCUT2D eigenvalue weighted by atomic mass is 10.0. The molecule has 8 nitrogen and oxygen atoms in total. The average Bonchev–Trinajstić information content (AvgIpc) is 3.35. The molecular weight excluding hydrogens is 430 g/mol. The van der Waals surface area contributed by atoms with E-state index in [1.165, 1.54) is 6.21 Å². The number of methoxy groups -OCH3 is 1. The third-order valence-electron chi connectivity index (χ3n) is 5.70. The minimum atomic E-state index is -0.451.